The average molecular weight is 284 g/mol. The van der Waals surface area contributed by atoms with E-state index in [-0.39, 0.29) is 11.3 Å². The van der Waals surface area contributed by atoms with Crippen LogP contribution in [0.5, 0.6) is 0 Å². The van der Waals surface area contributed by atoms with E-state index in [2.05, 4.69) is 19.2 Å². The standard InChI is InChI=1S/C16H32N2O2/c1-3-9-16(13-17,10-4-2)15(19)18-11-8-14-7-5-6-12-20-14/h14H,3-13,17H2,1-2H3,(H,18,19). The van der Waals surface area contributed by atoms with Crippen LogP contribution in [-0.4, -0.2) is 31.7 Å². The second-order valence-electron chi connectivity index (χ2n) is 6.02. The Morgan fingerprint density at radius 3 is 2.50 bits per heavy atom. The monoisotopic (exact) mass is 284 g/mol. The van der Waals surface area contributed by atoms with Crippen LogP contribution in [0.15, 0.2) is 0 Å². The Labute approximate surface area is 123 Å². The first-order chi connectivity index (χ1) is 9.68. The van der Waals surface area contributed by atoms with Crippen molar-refractivity contribution in [1.82, 2.24) is 5.32 Å². The molecule has 4 heteroatoms. The van der Waals surface area contributed by atoms with Crippen LogP contribution in [-0.2, 0) is 9.53 Å². The summed E-state index contributed by atoms with van der Waals surface area (Å²) >= 11 is 0. The van der Waals surface area contributed by atoms with Crippen LogP contribution < -0.4 is 11.1 Å². The summed E-state index contributed by atoms with van der Waals surface area (Å²) in [7, 11) is 0. The lowest BCUT2D eigenvalue weighted by Crippen LogP contribution is -2.46. The molecule has 1 aliphatic rings. The van der Waals surface area contributed by atoms with E-state index < -0.39 is 0 Å². The van der Waals surface area contributed by atoms with Gasteiger partial charge in [0.2, 0.25) is 5.91 Å². The summed E-state index contributed by atoms with van der Waals surface area (Å²) in [5.41, 5.74) is 5.55. The first-order valence-electron chi connectivity index (χ1n) is 8.28. The summed E-state index contributed by atoms with van der Waals surface area (Å²) in [6.45, 7) is 6.25. The highest BCUT2D eigenvalue weighted by Gasteiger charge is 2.34. The molecule has 1 unspecified atom stereocenters. The van der Waals surface area contributed by atoms with E-state index in [1.807, 2.05) is 0 Å². The van der Waals surface area contributed by atoms with Gasteiger partial charge in [-0.1, -0.05) is 26.7 Å². The molecule has 20 heavy (non-hydrogen) atoms. The number of carbonyl (C=O) groups excluding carboxylic acids is 1. The fourth-order valence-electron chi connectivity index (χ4n) is 3.18. The zero-order chi connectivity index (χ0) is 14.8. The Hall–Kier alpha value is -0.610. The van der Waals surface area contributed by atoms with Gasteiger partial charge in [-0.15, -0.1) is 0 Å². The summed E-state index contributed by atoms with van der Waals surface area (Å²) in [6, 6.07) is 0. The van der Waals surface area contributed by atoms with E-state index in [1.165, 1.54) is 12.8 Å². The predicted octanol–water partition coefficient (Wildman–Crippen LogP) is 2.61. The number of carbonyl (C=O) groups is 1. The molecule has 1 rings (SSSR count). The molecule has 1 aliphatic heterocycles. The lowest BCUT2D eigenvalue weighted by atomic mass is 9.78. The third-order valence-electron chi connectivity index (χ3n) is 4.36. The van der Waals surface area contributed by atoms with Gasteiger partial charge in [-0.25, -0.2) is 0 Å². The molecule has 1 heterocycles. The fraction of sp³-hybridized carbons (Fsp3) is 0.938. The number of ether oxygens (including phenoxy) is 1. The molecule has 4 nitrogen and oxygen atoms in total. The van der Waals surface area contributed by atoms with Crippen molar-refractivity contribution >= 4 is 5.91 Å². The second-order valence-corrected chi connectivity index (χ2v) is 6.02. The quantitative estimate of drug-likeness (QED) is 0.684. The van der Waals surface area contributed by atoms with Gasteiger partial charge >= 0.3 is 0 Å². The highest BCUT2D eigenvalue weighted by atomic mass is 16.5. The molecular weight excluding hydrogens is 252 g/mol. The summed E-state index contributed by atoms with van der Waals surface area (Å²) < 4.78 is 5.69. The Balaban J connectivity index is 2.40. The lowest BCUT2D eigenvalue weighted by Gasteiger charge is -2.31. The first-order valence-corrected chi connectivity index (χ1v) is 8.28. The van der Waals surface area contributed by atoms with Crippen LogP contribution in [0.4, 0.5) is 0 Å². The van der Waals surface area contributed by atoms with E-state index in [4.69, 9.17) is 10.5 Å². The van der Waals surface area contributed by atoms with Crippen molar-refractivity contribution in [1.29, 1.82) is 0 Å². The smallest absolute Gasteiger partial charge is 0.227 e. The van der Waals surface area contributed by atoms with Crippen molar-refractivity contribution < 1.29 is 9.53 Å². The van der Waals surface area contributed by atoms with Crippen LogP contribution >= 0.6 is 0 Å². The number of nitrogens with two attached hydrogens (primary N) is 1. The van der Waals surface area contributed by atoms with Gasteiger partial charge in [0, 0.05) is 19.7 Å². The van der Waals surface area contributed by atoms with Gasteiger partial charge in [-0.05, 0) is 38.5 Å². The molecule has 118 valence electrons. The van der Waals surface area contributed by atoms with Crippen molar-refractivity contribution in [3.8, 4) is 0 Å². The van der Waals surface area contributed by atoms with Gasteiger partial charge in [-0.3, -0.25) is 4.79 Å². The van der Waals surface area contributed by atoms with Crippen molar-refractivity contribution in [3.63, 3.8) is 0 Å². The number of hydrogen-bond acceptors (Lipinski definition) is 3. The number of nitrogens with one attached hydrogen (secondary N) is 1. The van der Waals surface area contributed by atoms with Crippen LogP contribution in [0.3, 0.4) is 0 Å². The molecule has 0 aromatic rings. The molecule has 0 aliphatic carbocycles. The Morgan fingerprint density at radius 1 is 1.30 bits per heavy atom. The van der Waals surface area contributed by atoms with Gasteiger partial charge < -0.3 is 15.8 Å². The molecule has 0 bridgehead atoms. The molecule has 1 fully saturated rings. The van der Waals surface area contributed by atoms with Gasteiger partial charge in [0.25, 0.3) is 0 Å². The van der Waals surface area contributed by atoms with Gasteiger partial charge in [0.15, 0.2) is 0 Å². The molecule has 0 aromatic heterocycles. The van der Waals surface area contributed by atoms with Crippen LogP contribution in [0.25, 0.3) is 0 Å². The maximum atomic E-state index is 12.5. The second kappa shape index (κ2) is 9.35. The van der Waals surface area contributed by atoms with Crippen LogP contribution in [0, 0.1) is 5.41 Å². The van der Waals surface area contributed by atoms with Crippen molar-refractivity contribution in [2.45, 2.75) is 71.3 Å². The minimum atomic E-state index is -0.364. The SMILES string of the molecule is CCCC(CN)(CCC)C(=O)NCCC1CCCCO1. The predicted molar refractivity (Wildman–Crippen MR) is 82.5 cm³/mol. The summed E-state index contributed by atoms with van der Waals surface area (Å²) in [5, 5.41) is 3.09. The fourth-order valence-corrected chi connectivity index (χ4v) is 3.18. The molecule has 0 saturated carbocycles. The van der Waals surface area contributed by atoms with Crippen LogP contribution in [0.2, 0.25) is 0 Å². The lowest BCUT2D eigenvalue weighted by molar-refractivity contribution is -0.131. The van der Waals surface area contributed by atoms with E-state index in [0.717, 1.165) is 45.1 Å². The summed E-state index contributed by atoms with van der Waals surface area (Å²) in [6.07, 6.45) is 8.54. The molecule has 1 amide bonds. The molecule has 0 radical (unpaired) electrons. The molecule has 0 aromatic carbocycles. The van der Waals surface area contributed by atoms with Gasteiger partial charge in [-0.2, -0.15) is 0 Å². The zero-order valence-corrected chi connectivity index (χ0v) is 13.2. The Bertz CT molecular complexity index is 270. The summed E-state index contributed by atoms with van der Waals surface area (Å²) in [4.78, 5) is 12.5. The molecular formula is C16H32N2O2. The van der Waals surface area contributed by atoms with Gasteiger partial charge in [0.1, 0.15) is 0 Å². The number of hydrogen-bond donors (Lipinski definition) is 2. The Morgan fingerprint density at radius 2 is 2.00 bits per heavy atom. The molecule has 3 N–H and O–H groups in total. The minimum absolute atomic E-state index is 0.138. The Kier molecular flexibility index (Phi) is 8.15. The first kappa shape index (κ1) is 17.4. The van der Waals surface area contributed by atoms with Crippen molar-refractivity contribution in [2.24, 2.45) is 11.1 Å². The molecule has 0 spiro atoms. The van der Waals surface area contributed by atoms with E-state index in [1.54, 1.807) is 0 Å². The largest absolute Gasteiger partial charge is 0.378 e. The molecule has 1 saturated heterocycles. The van der Waals surface area contributed by atoms with Gasteiger partial charge in [0.05, 0.1) is 11.5 Å². The minimum Gasteiger partial charge on any atom is -0.378 e. The van der Waals surface area contributed by atoms with Crippen LogP contribution in [0.1, 0.15) is 65.2 Å². The zero-order valence-electron chi connectivity index (χ0n) is 13.2. The normalized spacial score (nSPS) is 19.9. The number of rotatable bonds is 9. The molecule has 1 atom stereocenters. The highest BCUT2D eigenvalue weighted by Crippen LogP contribution is 2.29. The van der Waals surface area contributed by atoms with Crippen molar-refractivity contribution in [2.75, 3.05) is 19.7 Å². The van der Waals surface area contributed by atoms with Crippen molar-refractivity contribution in [3.05, 3.63) is 0 Å². The maximum Gasteiger partial charge on any atom is 0.227 e. The third-order valence-corrected chi connectivity index (χ3v) is 4.36. The van der Waals surface area contributed by atoms with E-state index in [0.29, 0.717) is 19.2 Å². The maximum absolute atomic E-state index is 12.5. The topological polar surface area (TPSA) is 64.4 Å². The third kappa shape index (κ3) is 5.06. The highest BCUT2D eigenvalue weighted by molar-refractivity contribution is 5.82. The average Bonchev–Trinajstić information content (AvgIpc) is 2.48. The van der Waals surface area contributed by atoms with E-state index >= 15 is 0 Å². The van der Waals surface area contributed by atoms with E-state index in [9.17, 15) is 4.79 Å². The number of amides is 1. The summed E-state index contributed by atoms with van der Waals surface area (Å²) in [5.74, 6) is 0.138.